The molecule has 2 aliphatic rings. The molecule has 0 bridgehead atoms. The minimum Gasteiger partial charge on any atom is -0.423 e. The lowest BCUT2D eigenvalue weighted by Gasteiger charge is -2.02. The number of esters is 1. The van der Waals surface area contributed by atoms with Crippen molar-refractivity contribution in [2.75, 3.05) is 0 Å². The van der Waals surface area contributed by atoms with Gasteiger partial charge in [0, 0.05) is 6.08 Å². The molecule has 3 rings (SSSR count). The van der Waals surface area contributed by atoms with Gasteiger partial charge in [-0.1, -0.05) is 12.1 Å². The highest BCUT2D eigenvalue weighted by atomic mass is 32.2. The molecule has 2 heterocycles. The van der Waals surface area contributed by atoms with Gasteiger partial charge in [0.1, 0.15) is 5.75 Å². The molecule has 3 N–H and O–H groups in total. The Bertz CT molecular complexity index is 887. The molecule has 0 atom stereocenters. The Morgan fingerprint density at radius 3 is 2.40 bits per heavy atom. The molecule has 3 amide bonds. The number of nitrogens with two attached hydrogens (primary N) is 1. The number of nitrogens with zero attached hydrogens (tertiary/aromatic N) is 1. The average Bonchev–Trinajstić information content (AvgIpc) is 3.02. The highest BCUT2D eigenvalue weighted by Crippen LogP contribution is 2.27. The molecule has 0 saturated carbocycles. The van der Waals surface area contributed by atoms with Crippen molar-refractivity contribution in [2.24, 2.45) is 10.7 Å². The molecule has 1 aromatic carbocycles. The monoisotopic (exact) mass is 375 g/mol. The van der Waals surface area contributed by atoms with Crippen LogP contribution in [0.3, 0.4) is 0 Å². The molecule has 8 nitrogen and oxygen atoms in total. The Kier molecular flexibility index (Phi) is 4.72. The Labute approximate surface area is 149 Å². The van der Waals surface area contributed by atoms with E-state index in [9.17, 15) is 19.2 Å². The summed E-state index contributed by atoms with van der Waals surface area (Å²) in [6, 6.07) is 6.35. The van der Waals surface area contributed by atoms with Crippen LogP contribution in [0.25, 0.3) is 6.08 Å². The summed E-state index contributed by atoms with van der Waals surface area (Å²) in [4.78, 5) is 49.6. The molecule has 10 heteroatoms. The van der Waals surface area contributed by atoms with Gasteiger partial charge in [0.15, 0.2) is 5.17 Å². The van der Waals surface area contributed by atoms with E-state index in [1.54, 1.807) is 18.2 Å². The Morgan fingerprint density at radius 2 is 1.84 bits per heavy atom. The molecule has 1 saturated heterocycles. The lowest BCUT2D eigenvalue weighted by atomic mass is 10.2. The molecule has 0 spiro atoms. The van der Waals surface area contributed by atoms with Crippen molar-refractivity contribution in [3.8, 4) is 5.75 Å². The van der Waals surface area contributed by atoms with Crippen LogP contribution < -0.4 is 15.8 Å². The molecule has 0 radical (unpaired) electrons. The van der Waals surface area contributed by atoms with E-state index in [4.69, 9.17) is 10.5 Å². The lowest BCUT2D eigenvalue weighted by Crippen LogP contribution is -2.18. The van der Waals surface area contributed by atoms with Gasteiger partial charge in [0.05, 0.1) is 9.81 Å². The summed E-state index contributed by atoms with van der Waals surface area (Å²) in [5, 5.41) is 1.70. The van der Waals surface area contributed by atoms with Gasteiger partial charge in [-0.25, -0.2) is 4.79 Å². The number of rotatable bonds is 3. The number of hydrogen-bond donors (Lipinski definition) is 2. The number of ether oxygens (including phenoxy) is 1. The molecule has 0 aromatic heterocycles. The zero-order valence-corrected chi connectivity index (χ0v) is 14.0. The Hall–Kier alpha value is -2.85. The molecular formula is C15H9N3O5S2. The van der Waals surface area contributed by atoms with Gasteiger partial charge in [-0.2, -0.15) is 4.99 Å². The summed E-state index contributed by atoms with van der Waals surface area (Å²) in [7, 11) is 0. The topological polar surface area (TPSA) is 128 Å². The van der Waals surface area contributed by atoms with Crippen molar-refractivity contribution in [1.29, 1.82) is 0 Å². The van der Waals surface area contributed by atoms with Crippen molar-refractivity contribution in [3.63, 3.8) is 0 Å². The number of imide groups is 1. The summed E-state index contributed by atoms with van der Waals surface area (Å²) in [5.74, 6) is -1.55. The average molecular weight is 375 g/mol. The standard InChI is InChI=1S/C15H9N3O5S2/c16-14-17-12(20)9(24-14)5-7-1-3-8(4-2-7)23-11(19)6-10-13(21)18-15(22)25-10/h1-6H,(H2,16,17,20)(H,18,21,22)/b9-5-,10-6+. The number of thioether (sulfide) groups is 2. The predicted molar refractivity (Wildman–Crippen MR) is 93.5 cm³/mol. The molecule has 126 valence electrons. The van der Waals surface area contributed by atoms with Crippen LogP contribution in [-0.4, -0.2) is 28.2 Å². The second-order valence-electron chi connectivity index (χ2n) is 4.71. The highest BCUT2D eigenvalue weighted by Gasteiger charge is 2.26. The smallest absolute Gasteiger partial charge is 0.337 e. The number of amidine groups is 1. The minimum absolute atomic E-state index is 0.0225. The van der Waals surface area contributed by atoms with Crippen LogP contribution in [0, 0.1) is 0 Å². The lowest BCUT2D eigenvalue weighted by molar-refractivity contribution is -0.129. The Balaban J connectivity index is 1.65. The maximum atomic E-state index is 11.8. The normalized spacial score (nSPS) is 20.2. The number of nitrogens with one attached hydrogen (secondary N) is 1. The van der Waals surface area contributed by atoms with E-state index in [-0.39, 0.29) is 15.8 Å². The van der Waals surface area contributed by atoms with Gasteiger partial charge in [-0.3, -0.25) is 19.7 Å². The number of hydrogen-bond acceptors (Lipinski definition) is 8. The van der Waals surface area contributed by atoms with E-state index in [0.29, 0.717) is 22.2 Å². The first-order chi connectivity index (χ1) is 11.9. The van der Waals surface area contributed by atoms with Gasteiger partial charge in [-0.15, -0.1) is 0 Å². The fourth-order valence-corrected chi connectivity index (χ4v) is 3.21. The largest absolute Gasteiger partial charge is 0.423 e. The number of aliphatic imine (C=N–C) groups is 1. The SMILES string of the molecule is NC1=NC(=O)/C(=C/c2ccc(OC(=O)/C=C3/SC(=O)NC3=O)cc2)S1. The highest BCUT2D eigenvalue weighted by molar-refractivity contribution is 8.18. The van der Waals surface area contributed by atoms with Crippen molar-refractivity contribution in [3.05, 3.63) is 45.7 Å². The van der Waals surface area contributed by atoms with Gasteiger partial charge >= 0.3 is 5.97 Å². The summed E-state index contributed by atoms with van der Waals surface area (Å²) in [5.41, 5.74) is 6.17. The maximum Gasteiger partial charge on any atom is 0.337 e. The van der Waals surface area contributed by atoms with Crippen LogP contribution in [0.5, 0.6) is 5.75 Å². The van der Waals surface area contributed by atoms with Crippen LogP contribution in [0.2, 0.25) is 0 Å². The van der Waals surface area contributed by atoms with E-state index in [1.165, 1.54) is 12.1 Å². The summed E-state index contributed by atoms with van der Waals surface area (Å²) < 4.78 is 5.07. The maximum absolute atomic E-state index is 11.8. The van der Waals surface area contributed by atoms with E-state index in [2.05, 4.69) is 4.99 Å². The zero-order valence-electron chi connectivity index (χ0n) is 12.3. The molecule has 2 aliphatic heterocycles. The fourth-order valence-electron chi connectivity index (χ4n) is 1.88. The summed E-state index contributed by atoms with van der Waals surface area (Å²) in [6.07, 6.45) is 2.57. The van der Waals surface area contributed by atoms with Crippen LogP contribution >= 0.6 is 23.5 Å². The van der Waals surface area contributed by atoms with Crippen LogP contribution in [-0.2, 0) is 14.4 Å². The first-order valence-corrected chi connectivity index (χ1v) is 8.39. The predicted octanol–water partition coefficient (Wildman–Crippen LogP) is 1.39. The molecule has 1 fully saturated rings. The fraction of sp³-hybridized carbons (Fsp3) is 0. The van der Waals surface area contributed by atoms with Crippen molar-refractivity contribution in [1.82, 2.24) is 5.32 Å². The third kappa shape index (κ3) is 4.17. The first kappa shape index (κ1) is 17.0. The van der Waals surface area contributed by atoms with Gasteiger partial charge in [0.25, 0.3) is 17.1 Å². The molecule has 0 unspecified atom stereocenters. The van der Waals surface area contributed by atoms with Crippen LogP contribution in [0.4, 0.5) is 4.79 Å². The molecule has 0 aliphatic carbocycles. The Morgan fingerprint density at radius 1 is 1.12 bits per heavy atom. The number of carbonyl (C=O) groups excluding carboxylic acids is 4. The molecular weight excluding hydrogens is 366 g/mol. The summed E-state index contributed by atoms with van der Waals surface area (Å²) in [6.45, 7) is 0. The zero-order chi connectivity index (χ0) is 18.0. The van der Waals surface area contributed by atoms with Crippen LogP contribution in [0.15, 0.2) is 45.1 Å². The van der Waals surface area contributed by atoms with Crippen molar-refractivity contribution < 1.29 is 23.9 Å². The van der Waals surface area contributed by atoms with Gasteiger partial charge < -0.3 is 10.5 Å². The van der Waals surface area contributed by atoms with Gasteiger partial charge in [0.2, 0.25) is 0 Å². The third-order valence-corrected chi connectivity index (χ3v) is 4.55. The number of amides is 3. The van der Waals surface area contributed by atoms with Crippen molar-refractivity contribution >= 4 is 57.8 Å². The van der Waals surface area contributed by atoms with Gasteiger partial charge in [-0.05, 0) is 47.3 Å². The third-order valence-electron chi connectivity index (χ3n) is 2.92. The van der Waals surface area contributed by atoms with E-state index in [0.717, 1.165) is 17.8 Å². The molecule has 25 heavy (non-hydrogen) atoms. The molecule has 1 aromatic rings. The number of benzene rings is 1. The van der Waals surface area contributed by atoms with Crippen molar-refractivity contribution in [2.45, 2.75) is 0 Å². The van der Waals surface area contributed by atoms with E-state index < -0.39 is 23.0 Å². The van der Waals surface area contributed by atoms with Crippen LogP contribution in [0.1, 0.15) is 5.56 Å². The summed E-state index contributed by atoms with van der Waals surface area (Å²) >= 11 is 1.71. The second-order valence-corrected chi connectivity index (χ2v) is 6.79. The first-order valence-electron chi connectivity index (χ1n) is 6.75. The number of carbonyl (C=O) groups is 4. The minimum atomic E-state index is -0.777. The second kappa shape index (κ2) is 6.95. The van der Waals surface area contributed by atoms with E-state index >= 15 is 0 Å². The quantitative estimate of drug-likeness (QED) is 0.461. The van der Waals surface area contributed by atoms with E-state index in [1.807, 2.05) is 5.32 Å².